The van der Waals surface area contributed by atoms with Gasteiger partial charge in [-0.3, -0.25) is 4.79 Å². The van der Waals surface area contributed by atoms with Crippen molar-refractivity contribution in [1.29, 1.82) is 0 Å². The summed E-state index contributed by atoms with van der Waals surface area (Å²) in [6, 6.07) is 6.48. The summed E-state index contributed by atoms with van der Waals surface area (Å²) in [6.07, 6.45) is 5.43. The second-order valence-electron chi connectivity index (χ2n) is 5.82. The van der Waals surface area contributed by atoms with Crippen LogP contribution in [-0.4, -0.2) is 23.1 Å². The highest BCUT2D eigenvalue weighted by atomic mass is 16.3. The van der Waals surface area contributed by atoms with Gasteiger partial charge in [0.25, 0.3) is 0 Å². The molecule has 4 nitrogen and oxygen atoms in total. The zero-order valence-electron chi connectivity index (χ0n) is 12.0. The van der Waals surface area contributed by atoms with Crippen molar-refractivity contribution in [2.45, 2.75) is 51.1 Å². The smallest absolute Gasteiger partial charge is 0.237 e. The largest absolute Gasteiger partial charge is 0.508 e. The van der Waals surface area contributed by atoms with Crippen LogP contribution in [0.15, 0.2) is 24.3 Å². The molecule has 110 valence electrons. The second-order valence-corrected chi connectivity index (χ2v) is 5.82. The van der Waals surface area contributed by atoms with Crippen molar-refractivity contribution in [3.63, 3.8) is 0 Å². The van der Waals surface area contributed by atoms with Crippen LogP contribution >= 0.6 is 0 Å². The quantitative estimate of drug-likeness (QED) is 0.769. The molecule has 4 N–H and O–H groups in total. The molecule has 0 aromatic heterocycles. The monoisotopic (exact) mass is 276 g/mol. The summed E-state index contributed by atoms with van der Waals surface area (Å²) >= 11 is 0. The van der Waals surface area contributed by atoms with Gasteiger partial charge in [0.2, 0.25) is 5.91 Å². The zero-order valence-corrected chi connectivity index (χ0v) is 12.0. The molecule has 0 radical (unpaired) electrons. The Morgan fingerprint density at radius 3 is 2.55 bits per heavy atom. The molecule has 1 aliphatic rings. The number of rotatable bonds is 5. The first-order chi connectivity index (χ1) is 9.56. The maximum atomic E-state index is 12.1. The topological polar surface area (TPSA) is 75.4 Å². The van der Waals surface area contributed by atoms with Crippen LogP contribution in [0.2, 0.25) is 0 Å². The van der Waals surface area contributed by atoms with Crippen LogP contribution in [-0.2, 0) is 11.2 Å². The van der Waals surface area contributed by atoms with Crippen LogP contribution in [0.1, 0.15) is 38.2 Å². The molecule has 2 atom stereocenters. The minimum absolute atomic E-state index is 0.0857. The maximum absolute atomic E-state index is 12.1. The van der Waals surface area contributed by atoms with Gasteiger partial charge in [-0.25, -0.2) is 0 Å². The highest BCUT2D eigenvalue weighted by molar-refractivity contribution is 5.82. The van der Waals surface area contributed by atoms with Crippen molar-refractivity contribution < 1.29 is 9.90 Å². The van der Waals surface area contributed by atoms with Gasteiger partial charge in [-0.2, -0.15) is 0 Å². The lowest BCUT2D eigenvalue weighted by Crippen LogP contribution is -2.47. The van der Waals surface area contributed by atoms with Crippen molar-refractivity contribution in [2.75, 3.05) is 0 Å². The predicted octanol–water partition coefficient (Wildman–Crippen LogP) is 1.96. The van der Waals surface area contributed by atoms with Crippen molar-refractivity contribution >= 4 is 5.91 Å². The molecule has 1 aliphatic carbocycles. The van der Waals surface area contributed by atoms with Crippen molar-refractivity contribution in [1.82, 2.24) is 5.32 Å². The molecule has 20 heavy (non-hydrogen) atoms. The normalized spacial score (nSPS) is 18.7. The Kier molecular flexibility index (Phi) is 5.01. The van der Waals surface area contributed by atoms with Crippen LogP contribution in [0.25, 0.3) is 0 Å². The zero-order chi connectivity index (χ0) is 14.5. The van der Waals surface area contributed by atoms with Gasteiger partial charge < -0.3 is 16.2 Å². The van der Waals surface area contributed by atoms with Gasteiger partial charge in [0.1, 0.15) is 5.75 Å². The average molecular weight is 276 g/mol. The molecule has 0 unspecified atom stereocenters. The first kappa shape index (κ1) is 14.9. The molecule has 0 spiro atoms. The third-order valence-corrected chi connectivity index (χ3v) is 4.21. The predicted molar refractivity (Wildman–Crippen MR) is 79.3 cm³/mol. The Morgan fingerprint density at radius 2 is 1.95 bits per heavy atom. The molecule has 0 bridgehead atoms. The van der Waals surface area contributed by atoms with Crippen LogP contribution < -0.4 is 11.1 Å². The van der Waals surface area contributed by atoms with E-state index < -0.39 is 6.04 Å². The van der Waals surface area contributed by atoms with E-state index in [1.807, 2.05) is 0 Å². The molecule has 1 aromatic carbocycles. The van der Waals surface area contributed by atoms with E-state index in [4.69, 9.17) is 5.73 Å². The molecule has 1 aromatic rings. The molecule has 2 rings (SSSR count). The lowest BCUT2D eigenvalue weighted by Gasteiger charge is -2.22. The minimum Gasteiger partial charge on any atom is -0.508 e. The number of phenols is 1. The van der Waals surface area contributed by atoms with Crippen LogP contribution in [0, 0.1) is 5.92 Å². The number of benzene rings is 1. The summed E-state index contributed by atoms with van der Waals surface area (Å²) in [7, 11) is 0. The average Bonchev–Trinajstić information content (AvgIpc) is 2.95. The summed E-state index contributed by atoms with van der Waals surface area (Å²) in [6.45, 7) is 2.07. The molecule has 0 aliphatic heterocycles. The second kappa shape index (κ2) is 6.75. The fourth-order valence-electron chi connectivity index (χ4n) is 2.89. The number of carbonyl (C=O) groups excluding carboxylic acids is 1. The number of aromatic hydroxyl groups is 1. The Hall–Kier alpha value is -1.55. The number of phenolic OH excluding ortho intramolecular Hbond substituents is 1. The molecule has 1 fully saturated rings. The fourth-order valence-corrected chi connectivity index (χ4v) is 2.89. The first-order valence-corrected chi connectivity index (χ1v) is 7.40. The highest BCUT2D eigenvalue weighted by Crippen LogP contribution is 2.27. The minimum atomic E-state index is -0.539. The van der Waals surface area contributed by atoms with Gasteiger partial charge in [-0.1, -0.05) is 25.0 Å². The van der Waals surface area contributed by atoms with Crippen LogP contribution in [0.5, 0.6) is 5.75 Å². The maximum Gasteiger partial charge on any atom is 0.237 e. The molecular weight excluding hydrogens is 252 g/mol. The summed E-state index contributed by atoms with van der Waals surface area (Å²) < 4.78 is 0. The van der Waals surface area contributed by atoms with Crippen molar-refractivity contribution in [2.24, 2.45) is 11.7 Å². The third kappa shape index (κ3) is 3.97. The Morgan fingerprint density at radius 1 is 1.35 bits per heavy atom. The first-order valence-electron chi connectivity index (χ1n) is 7.40. The van der Waals surface area contributed by atoms with Gasteiger partial charge in [0, 0.05) is 6.04 Å². The van der Waals surface area contributed by atoms with Gasteiger partial charge >= 0.3 is 0 Å². The van der Waals surface area contributed by atoms with Crippen molar-refractivity contribution in [3.05, 3.63) is 29.8 Å². The molecule has 0 heterocycles. The summed E-state index contributed by atoms with van der Waals surface area (Å²) in [5, 5.41) is 12.3. The van der Waals surface area contributed by atoms with Crippen LogP contribution in [0.4, 0.5) is 0 Å². The van der Waals surface area contributed by atoms with Gasteiger partial charge in [-0.05, 0) is 49.8 Å². The number of hydrogen-bond donors (Lipinski definition) is 3. The van der Waals surface area contributed by atoms with E-state index in [0.717, 1.165) is 5.56 Å². The van der Waals surface area contributed by atoms with Crippen molar-refractivity contribution in [3.8, 4) is 5.75 Å². The molecule has 1 saturated carbocycles. The Balaban J connectivity index is 1.83. The summed E-state index contributed by atoms with van der Waals surface area (Å²) in [5.41, 5.74) is 6.92. The number of nitrogens with two attached hydrogens (primary N) is 1. The lowest BCUT2D eigenvalue weighted by atomic mass is 9.99. The van der Waals surface area contributed by atoms with Crippen LogP contribution in [0.3, 0.4) is 0 Å². The van der Waals surface area contributed by atoms with E-state index >= 15 is 0 Å². The Bertz CT molecular complexity index is 438. The van der Waals surface area contributed by atoms with E-state index in [1.165, 1.54) is 25.7 Å². The van der Waals surface area contributed by atoms with E-state index in [9.17, 15) is 9.90 Å². The lowest BCUT2D eigenvalue weighted by molar-refractivity contribution is -0.123. The summed E-state index contributed by atoms with van der Waals surface area (Å²) in [5.74, 6) is 0.735. The molecule has 1 amide bonds. The number of nitrogens with one attached hydrogen (secondary N) is 1. The van der Waals surface area contributed by atoms with Gasteiger partial charge in [0.05, 0.1) is 6.04 Å². The standard InChI is InChI=1S/C16H24N2O2/c1-11(13-4-2-3-5-13)18-16(20)15(17)10-12-6-8-14(19)9-7-12/h6-9,11,13,15,19H,2-5,10,17H2,1H3,(H,18,20)/t11-,15+/m0/s1. The molecule has 0 saturated heterocycles. The summed E-state index contributed by atoms with van der Waals surface area (Å²) in [4.78, 5) is 12.1. The SMILES string of the molecule is C[C@H](NC(=O)[C@H](N)Cc1ccc(O)cc1)C1CCCC1. The van der Waals surface area contributed by atoms with E-state index in [1.54, 1.807) is 24.3 Å². The van der Waals surface area contributed by atoms with E-state index in [0.29, 0.717) is 12.3 Å². The van der Waals surface area contributed by atoms with E-state index in [-0.39, 0.29) is 17.7 Å². The van der Waals surface area contributed by atoms with E-state index in [2.05, 4.69) is 12.2 Å². The molecule has 4 heteroatoms. The third-order valence-electron chi connectivity index (χ3n) is 4.21. The number of hydrogen-bond acceptors (Lipinski definition) is 3. The Labute approximate surface area is 120 Å². The number of carbonyl (C=O) groups is 1. The number of amides is 1. The highest BCUT2D eigenvalue weighted by Gasteiger charge is 2.24. The fraction of sp³-hybridized carbons (Fsp3) is 0.562. The molecular formula is C16H24N2O2. The van der Waals surface area contributed by atoms with Gasteiger partial charge in [0.15, 0.2) is 0 Å². The van der Waals surface area contributed by atoms with Gasteiger partial charge in [-0.15, -0.1) is 0 Å².